The summed E-state index contributed by atoms with van der Waals surface area (Å²) in [6, 6.07) is 0.143. The largest absolute Gasteiger partial charge is 0.396 e. The van der Waals surface area contributed by atoms with Crippen LogP contribution in [0.3, 0.4) is 0 Å². The maximum atomic E-state index is 12.3. The van der Waals surface area contributed by atoms with Gasteiger partial charge in [-0.05, 0) is 25.7 Å². The third-order valence-corrected chi connectivity index (χ3v) is 3.80. The molecule has 0 saturated carbocycles. The summed E-state index contributed by atoms with van der Waals surface area (Å²) in [6.07, 6.45) is 3.77. The maximum absolute atomic E-state index is 12.3. The molecule has 3 unspecified atom stereocenters. The van der Waals surface area contributed by atoms with Crippen molar-refractivity contribution < 1.29 is 14.6 Å². The zero-order chi connectivity index (χ0) is 12.3. The standard InChI is InChI=1S/C12H22N2O3/c13-11-8-17-7-10(11)12(16)14-5-1-3-9(14)4-2-6-15/h9-11,15H,1-8,13H2. The molecule has 5 heteroatoms. The molecule has 17 heavy (non-hydrogen) atoms. The van der Waals surface area contributed by atoms with Crippen LogP contribution >= 0.6 is 0 Å². The molecule has 1 amide bonds. The summed E-state index contributed by atoms with van der Waals surface area (Å²) in [6.45, 7) is 1.98. The van der Waals surface area contributed by atoms with Gasteiger partial charge in [0.05, 0.1) is 19.1 Å². The van der Waals surface area contributed by atoms with Crippen LogP contribution in [-0.4, -0.2) is 54.4 Å². The van der Waals surface area contributed by atoms with Crippen molar-refractivity contribution in [2.45, 2.75) is 37.8 Å². The fourth-order valence-electron chi connectivity index (χ4n) is 2.79. The van der Waals surface area contributed by atoms with Crippen LogP contribution in [0.2, 0.25) is 0 Å². The number of amides is 1. The van der Waals surface area contributed by atoms with Crippen molar-refractivity contribution in [1.29, 1.82) is 0 Å². The van der Waals surface area contributed by atoms with Gasteiger partial charge >= 0.3 is 0 Å². The van der Waals surface area contributed by atoms with E-state index in [9.17, 15) is 4.79 Å². The molecule has 0 spiro atoms. The lowest BCUT2D eigenvalue weighted by atomic mass is 10.0. The predicted octanol–water partition coefficient (Wildman–Crippen LogP) is -0.276. The van der Waals surface area contributed by atoms with Crippen molar-refractivity contribution in [2.75, 3.05) is 26.4 Å². The molecule has 2 aliphatic rings. The SMILES string of the molecule is NC1COCC1C(=O)N1CCCC1CCCO. The second kappa shape index (κ2) is 5.80. The number of aliphatic hydroxyl groups is 1. The van der Waals surface area contributed by atoms with E-state index in [1.54, 1.807) is 0 Å². The number of likely N-dealkylation sites (tertiary alicyclic amines) is 1. The number of ether oxygens (including phenoxy) is 1. The van der Waals surface area contributed by atoms with Crippen LogP contribution in [-0.2, 0) is 9.53 Å². The lowest BCUT2D eigenvalue weighted by Gasteiger charge is -2.28. The Morgan fingerprint density at radius 3 is 2.94 bits per heavy atom. The zero-order valence-electron chi connectivity index (χ0n) is 10.2. The van der Waals surface area contributed by atoms with Gasteiger partial charge in [-0.1, -0.05) is 0 Å². The molecule has 0 bridgehead atoms. The number of nitrogens with zero attached hydrogens (tertiary/aromatic N) is 1. The molecule has 3 N–H and O–H groups in total. The maximum Gasteiger partial charge on any atom is 0.229 e. The smallest absolute Gasteiger partial charge is 0.229 e. The van der Waals surface area contributed by atoms with Crippen molar-refractivity contribution in [2.24, 2.45) is 11.7 Å². The summed E-state index contributed by atoms with van der Waals surface area (Å²) >= 11 is 0. The van der Waals surface area contributed by atoms with E-state index in [1.165, 1.54) is 0 Å². The van der Waals surface area contributed by atoms with Crippen molar-refractivity contribution in [3.8, 4) is 0 Å². The first-order valence-corrected chi connectivity index (χ1v) is 6.48. The van der Waals surface area contributed by atoms with Crippen LogP contribution in [0.15, 0.2) is 0 Å². The zero-order valence-corrected chi connectivity index (χ0v) is 10.2. The second-order valence-corrected chi connectivity index (χ2v) is 5.00. The number of rotatable bonds is 4. The van der Waals surface area contributed by atoms with Crippen LogP contribution in [0.25, 0.3) is 0 Å². The van der Waals surface area contributed by atoms with Crippen LogP contribution in [0.5, 0.6) is 0 Å². The Morgan fingerprint density at radius 1 is 1.47 bits per heavy atom. The molecule has 2 rings (SSSR count). The Morgan fingerprint density at radius 2 is 2.29 bits per heavy atom. The number of hydrogen-bond donors (Lipinski definition) is 2. The minimum absolute atomic E-state index is 0.149. The fraction of sp³-hybridized carbons (Fsp3) is 0.917. The minimum atomic E-state index is -0.162. The van der Waals surface area contributed by atoms with E-state index in [2.05, 4.69) is 0 Å². The number of hydrogen-bond acceptors (Lipinski definition) is 4. The van der Waals surface area contributed by atoms with Gasteiger partial charge in [0.25, 0.3) is 0 Å². The predicted molar refractivity (Wildman–Crippen MR) is 63.3 cm³/mol. The molecular weight excluding hydrogens is 220 g/mol. The molecule has 0 aromatic heterocycles. The van der Waals surface area contributed by atoms with Gasteiger partial charge < -0.3 is 20.5 Å². The highest BCUT2D eigenvalue weighted by molar-refractivity contribution is 5.80. The molecule has 5 nitrogen and oxygen atoms in total. The Labute approximate surface area is 102 Å². The van der Waals surface area contributed by atoms with Crippen LogP contribution in [0, 0.1) is 5.92 Å². The second-order valence-electron chi connectivity index (χ2n) is 5.00. The number of aliphatic hydroxyl groups excluding tert-OH is 1. The van der Waals surface area contributed by atoms with Gasteiger partial charge in [0.1, 0.15) is 0 Å². The van der Waals surface area contributed by atoms with Crippen molar-refractivity contribution in [1.82, 2.24) is 4.90 Å². The first kappa shape index (κ1) is 12.8. The van der Waals surface area contributed by atoms with Gasteiger partial charge in [-0.2, -0.15) is 0 Å². The summed E-state index contributed by atoms with van der Waals surface area (Å²) in [4.78, 5) is 14.3. The van der Waals surface area contributed by atoms with Crippen LogP contribution in [0.4, 0.5) is 0 Å². The van der Waals surface area contributed by atoms with Crippen molar-refractivity contribution in [3.63, 3.8) is 0 Å². The van der Waals surface area contributed by atoms with Crippen molar-refractivity contribution >= 4 is 5.91 Å². The Bertz CT molecular complexity index is 272. The average molecular weight is 242 g/mol. The lowest BCUT2D eigenvalue weighted by molar-refractivity contribution is -0.136. The topological polar surface area (TPSA) is 75.8 Å². The molecule has 0 radical (unpaired) electrons. The summed E-state index contributed by atoms with van der Waals surface area (Å²) in [7, 11) is 0. The van der Waals surface area contributed by atoms with Gasteiger partial charge in [0.15, 0.2) is 0 Å². The highest BCUT2D eigenvalue weighted by Gasteiger charge is 2.38. The normalized spacial score (nSPS) is 33.3. The van der Waals surface area contributed by atoms with Gasteiger partial charge in [-0.15, -0.1) is 0 Å². The monoisotopic (exact) mass is 242 g/mol. The van der Waals surface area contributed by atoms with Gasteiger partial charge in [-0.25, -0.2) is 0 Å². The molecular formula is C12H22N2O3. The molecule has 0 aromatic carbocycles. The minimum Gasteiger partial charge on any atom is -0.396 e. The third kappa shape index (κ3) is 2.78. The molecule has 2 fully saturated rings. The summed E-state index contributed by atoms with van der Waals surface area (Å²) in [5.74, 6) is -0.0137. The van der Waals surface area contributed by atoms with Gasteiger partial charge in [0, 0.05) is 25.2 Å². The first-order valence-electron chi connectivity index (χ1n) is 6.48. The van der Waals surface area contributed by atoms with Gasteiger partial charge in [-0.3, -0.25) is 4.79 Å². The highest BCUT2D eigenvalue weighted by atomic mass is 16.5. The Hall–Kier alpha value is -0.650. The van der Waals surface area contributed by atoms with Gasteiger partial charge in [0.2, 0.25) is 5.91 Å². The summed E-state index contributed by atoms with van der Waals surface area (Å²) < 4.78 is 5.25. The summed E-state index contributed by atoms with van der Waals surface area (Å²) in [5.41, 5.74) is 5.88. The Kier molecular flexibility index (Phi) is 4.36. The number of carbonyl (C=O) groups excluding carboxylic acids is 1. The molecule has 2 saturated heterocycles. The fourth-order valence-corrected chi connectivity index (χ4v) is 2.79. The molecule has 0 aliphatic carbocycles. The Balaban J connectivity index is 1.93. The van der Waals surface area contributed by atoms with E-state index in [-0.39, 0.29) is 24.5 Å². The van der Waals surface area contributed by atoms with Crippen molar-refractivity contribution in [3.05, 3.63) is 0 Å². The van der Waals surface area contributed by atoms with E-state index >= 15 is 0 Å². The van der Waals surface area contributed by atoms with E-state index in [4.69, 9.17) is 15.6 Å². The quantitative estimate of drug-likeness (QED) is 0.711. The summed E-state index contributed by atoms with van der Waals surface area (Å²) in [5, 5.41) is 8.86. The lowest BCUT2D eigenvalue weighted by Crippen LogP contribution is -2.45. The van der Waals surface area contributed by atoms with E-state index in [1.807, 2.05) is 4.90 Å². The highest BCUT2D eigenvalue weighted by Crippen LogP contribution is 2.25. The molecule has 2 heterocycles. The first-order chi connectivity index (χ1) is 8.24. The van der Waals surface area contributed by atoms with E-state index in [0.29, 0.717) is 19.3 Å². The molecule has 3 atom stereocenters. The van der Waals surface area contributed by atoms with Crippen LogP contribution in [0.1, 0.15) is 25.7 Å². The van der Waals surface area contributed by atoms with E-state index < -0.39 is 0 Å². The van der Waals surface area contributed by atoms with Crippen LogP contribution < -0.4 is 5.73 Å². The third-order valence-electron chi connectivity index (χ3n) is 3.80. The molecule has 98 valence electrons. The number of carbonyl (C=O) groups is 1. The molecule has 2 aliphatic heterocycles. The molecule has 0 aromatic rings. The number of nitrogens with two attached hydrogens (primary N) is 1. The average Bonchev–Trinajstić information content (AvgIpc) is 2.94. The van der Waals surface area contributed by atoms with E-state index in [0.717, 1.165) is 32.2 Å².